The molecule has 2 N–H and O–H groups in total. The first-order valence-electron chi connectivity index (χ1n) is 7.15. The van der Waals surface area contributed by atoms with Crippen molar-refractivity contribution in [1.82, 2.24) is 4.90 Å². The molecule has 1 saturated carbocycles. The molecule has 2 rings (SSSR count). The zero-order chi connectivity index (χ0) is 13.1. The molecule has 0 aromatic heterocycles. The SMILES string of the molecule is CC(C)c1ccc(C(CN)N(C)C2CCC2)cc1. The molecule has 2 nitrogen and oxygen atoms in total. The van der Waals surface area contributed by atoms with E-state index in [9.17, 15) is 0 Å². The standard InChI is InChI=1S/C16H26N2/c1-12(2)13-7-9-14(10-8-13)16(11-17)18(3)15-5-4-6-15/h7-10,12,15-16H,4-6,11,17H2,1-3H3. The van der Waals surface area contributed by atoms with E-state index < -0.39 is 0 Å². The lowest BCUT2D eigenvalue weighted by atomic mass is 9.89. The van der Waals surface area contributed by atoms with E-state index in [1.54, 1.807) is 0 Å². The Kier molecular flexibility index (Phi) is 4.41. The summed E-state index contributed by atoms with van der Waals surface area (Å²) in [5, 5.41) is 0. The van der Waals surface area contributed by atoms with Crippen LogP contribution < -0.4 is 5.73 Å². The van der Waals surface area contributed by atoms with Gasteiger partial charge in [0.2, 0.25) is 0 Å². The van der Waals surface area contributed by atoms with Crippen LogP contribution in [0.3, 0.4) is 0 Å². The summed E-state index contributed by atoms with van der Waals surface area (Å²) in [7, 11) is 2.22. The summed E-state index contributed by atoms with van der Waals surface area (Å²) < 4.78 is 0. The average Bonchev–Trinajstić information content (AvgIpc) is 2.28. The topological polar surface area (TPSA) is 29.3 Å². The highest BCUT2D eigenvalue weighted by Crippen LogP contribution is 2.30. The minimum Gasteiger partial charge on any atom is -0.329 e. The van der Waals surface area contributed by atoms with Gasteiger partial charge in [-0.1, -0.05) is 44.5 Å². The third-order valence-corrected chi connectivity index (χ3v) is 4.35. The molecule has 1 aromatic rings. The minimum absolute atomic E-state index is 0.372. The Morgan fingerprint density at radius 3 is 2.11 bits per heavy atom. The smallest absolute Gasteiger partial charge is 0.0470 e. The van der Waals surface area contributed by atoms with Crippen LogP contribution in [0.2, 0.25) is 0 Å². The molecule has 0 bridgehead atoms. The maximum atomic E-state index is 5.98. The second-order valence-electron chi connectivity index (χ2n) is 5.82. The van der Waals surface area contributed by atoms with Crippen molar-refractivity contribution in [3.05, 3.63) is 35.4 Å². The molecular weight excluding hydrogens is 220 g/mol. The average molecular weight is 246 g/mol. The fourth-order valence-electron chi connectivity index (χ4n) is 2.69. The molecule has 1 aliphatic rings. The second-order valence-corrected chi connectivity index (χ2v) is 5.82. The first-order chi connectivity index (χ1) is 8.63. The molecule has 1 aromatic carbocycles. The van der Waals surface area contributed by atoms with Gasteiger partial charge >= 0.3 is 0 Å². The summed E-state index contributed by atoms with van der Waals surface area (Å²) in [5.74, 6) is 0.597. The first-order valence-corrected chi connectivity index (χ1v) is 7.15. The van der Waals surface area contributed by atoms with Gasteiger partial charge < -0.3 is 5.73 Å². The summed E-state index contributed by atoms with van der Waals surface area (Å²) in [6.07, 6.45) is 4.03. The number of benzene rings is 1. The largest absolute Gasteiger partial charge is 0.329 e. The maximum absolute atomic E-state index is 5.98. The Morgan fingerprint density at radius 1 is 1.17 bits per heavy atom. The van der Waals surface area contributed by atoms with E-state index in [-0.39, 0.29) is 0 Å². The van der Waals surface area contributed by atoms with E-state index in [4.69, 9.17) is 5.73 Å². The normalized spacial score (nSPS) is 18.1. The van der Waals surface area contributed by atoms with Crippen molar-refractivity contribution in [2.75, 3.05) is 13.6 Å². The van der Waals surface area contributed by atoms with Crippen molar-refractivity contribution < 1.29 is 0 Å². The molecule has 1 aliphatic carbocycles. The van der Waals surface area contributed by atoms with E-state index in [0.29, 0.717) is 18.5 Å². The molecule has 0 heterocycles. The van der Waals surface area contributed by atoms with Gasteiger partial charge in [0.25, 0.3) is 0 Å². The predicted octanol–water partition coefficient (Wildman–Crippen LogP) is 3.29. The van der Waals surface area contributed by atoms with Crippen molar-refractivity contribution >= 4 is 0 Å². The van der Waals surface area contributed by atoms with Gasteiger partial charge in [0.1, 0.15) is 0 Å². The van der Waals surface area contributed by atoms with Crippen LogP contribution in [0.25, 0.3) is 0 Å². The molecular formula is C16H26N2. The van der Waals surface area contributed by atoms with Crippen molar-refractivity contribution in [3.8, 4) is 0 Å². The van der Waals surface area contributed by atoms with Crippen LogP contribution in [0.5, 0.6) is 0 Å². The van der Waals surface area contributed by atoms with Gasteiger partial charge in [-0.25, -0.2) is 0 Å². The molecule has 0 aliphatic heterocycles. The number of rotatable bonds is 5. The van der Waals surface area contributed by atoms with Crippen LogP contribution in [-0.2, 0) is 0 Å². The third-order valence-electron chi connectivity index (χ3n) is 4.35. The Hall–Kier alpha value is -0.860. The number of nitrogens with two attached hydrogens (primary N) is 1. The van der Waals surface area contributed by atoms with Crippen LogP contribution in [0.4, 0.5) is 0 Å². The van der Waals surface area contributed by atoms with E-state index in [1.807, 2.05) is 0 Å². The van der Waals surface area contributed by atoms with E-state index in [0.717, 1.165) is 6.04 Å². The van der Waals surface area contributed by atoms with Gasteiger partial charge in [0, 0.05) is 18.6 Å². The number of likely N-dealkylation sites (N-methyl/N-ethyl adjacent to an activating group) is 1. The molecule has 1 atom stereocenters. The minimum atomic E-state index is 0.372. The lowest BCUT2D eigenvalue weighted by Crippen LogP contribution is -2.42. The van der Waals surface area contributed by atoms with E-state index >= 15 is 0 Å². The lowest BCUT2D eigenvalue weighted by molar-refractivity contribution is 0.113. The number of hydrogen-bond donors (Lipinski definition) is 1. The number of hydrogen-bond acceptors (Lipinski definition) is 2. The molecule has 100 valence electrons. The molecule has 1 unspecified atom stereocenters. The zero-order valence-electron chi connectivity index (χ0n) is 11.9. The van der Waals surface area contributed by atoms with Crippen molar-refractivity contribution in [2.45, 2.75) is 51.1 Å². The molecule has 1 fully saturated rings. The highest BCUT2D eigenvalue weighted by molar-refractivity contribution is 5.27. The summed E-state index contributed by atoms with van der Waals surface area (Å²) in [4.78, 5) is 2.47. The Bertz CT molecular complexity index is 365. The van der Waals surface area contributed by atoms with Crippen molar-refractivity contribution in [1.29, 1.82) is 0 Å². The Balaban J connectivity index is 2.11. The third kappa shape index (κ3) is 2.76. The van der Waals surface area contributed by atoms with Crippen molar-refractivity contribution in [3.63, 3.8) is 0 Å². The molecule has 0 amide bonds. The Morgan fingerprint density at radius 2 is 1.72 bits per heavy atom. The quantitative estimate of drug-likeness (QED) is 0.864. The molecule has 0 spiro atoms. The summed E-state index contributed by atoms with van der Waals surface area (Å²) in [6.45, 7) is 5.17. The fraction of sp³-hybridized carbons (Fsp3) is 0.625. The van der Waals surface area contributed by atoms with Gasteiger partial charge in [-0.05, 0) is 36.9 Å². The van der Waals surface area contributed by atoms with Crippen LogP contribution >= 0.6 is 0 Å². The Labute approximate surface area is 111 Å². The number of nitrogens with zero attached hydrogens (tertiary/aromatic N) is 1. The second kappa shape index (κ2) is 5.85. The lowest BCUT2D eigenvalue weighted by Gasteiger charge is -2.40. The summed E-state index contributed by atoms with van der Waals surface area (Å²) >= 11 is 0. The van der Waals surface area contributed by atoms with Gasteiger partial charge in [-0.2, -0.15) is 0 Å². The predicted molar refractivity (Wildman–Crippen MR) is 77.7 cm³/mol. The maximum Gasteiger partial charge on any atom is 0.0470 e. The van der Waals surface area contributed by atoms with Crippen LogP contribution in [-0.4, -0.2) is 24.5 Å². The van der Waals surface area contributed by atoms with Gasteiger partial charge in [-0.3, -0.25) is 4.90 Å². The van der Waals surface area contributed by atoms with Gasteiger partial charge in [0.15, 0.2) is 0 Å². The van der Waals surface area contributed by atoms with Gasteiger partial charge in [-0.15, -0.1) is 0 Å². The molecule has 2 heteroatoms. The van der Waals surface area contributed by atoms with Crippen molar-refractivity contribution in [2.24, 2.45) is 5.73 Å². The summed E-state index contributed by atoms with van der Waals surface area (Å²) in [6, 6.07) is 10.1. The molecule has 0 radical (unpaired) electrons. The van der Waals surface area contributed by atoms with E-state index in [2.05, 4.69) is 50.1 Å². The van der Waals surface area contributed by atoms with Crippen LogP contribution in [0.15, 0.2) is 24.3 Å². The molecule has 18 heavy (non-hydrogen) atoms. The van der Waals surface area contributed by atoms with Gasteiger partial charge in [0.05, 0.1) is 0 Å². The molecule has 0 saturated heterocycles. The highest BCUT2D eigenvalue weighted by atomic mass is 15.2. The fourth-order valence-corrected chi connectivity index (χ4v) is 2.69. The first kappa shape index (κ1) is 13.6. The zero-order valence-corrected chi connectivity index (χ0v) is 11.9. The van der Waals surface area contributed by atoms with Crippen LogP contribution in [0, 0.1) is 0 Å². The monoisotopic (exact) mass is 246 g/mol. The highest BCUT2D eigenvalue weighted by Gasteiger charge is 2.27. The summed E-state index contributed by atoms with van der Waals surface area (Å²) in [5.41, 5.74) is 8.74. The van der Waals surface area contributed by atoms with Crippen LogP contribution in [0.1, 0.15) is 56.2 Å². The van der Waals surface area contributed by atoms with E-state index in [1.165, 1.54) is 30.4 Å².